The first kappa shape index (κ1) is 48.1. The number of rotatable bonds is 8. The first-order valence-electron chi connectivity index (χ1n) is 18.4. The molecule has 19 nitrogen and oxygen atoms in total. The van der Waals surface area contributed by atoms with Crippen LogP contribution >= 0.6 is 58.9 Å². The number of aromatic nitrogens is 8. The highest BCUT2D eigenvalue weighted by Crippen LogP contribution is 2.34. The largest absolute Gasteiger partial charge is 0.444 e. The Morgan fingerprint density at radius 1 is 1.03 bits per heavy atom. The van der Waals surface area contributed by atoms with Crippen LogP contribution in [0.25, 0.3) is 21.8 Å². The number of thioether (sulfide) groups is 1. The monoisotopic (exact) mass is 934 g/mol. The topological polar surface area (TPSA) is 258 Å². The third-order valence-electron chi connectivity index (χ3n) is 8.20. The summed E-state index contributed by atoms with van der Waals surface area (Å²) in [4.78, 5) is 30.9. The van der Waals surface area contributed by atoms with Gasteiger partial charge in [-0.3, -0.25) is 20.9 Å². The highest BCUT2D eigenvalue weighted by Gasteiger charge is 2.29. The van der Waals surface area contributed by atoms with Gasteiger partial charge in [0.15, 0.2) is 6.20 Å². The second-order valence-electron chi connectivity index (χ2n) is 15.1. The summed E-state index contributed by atoms with van der Waals surface area (Å²) in [6.07, 6.45) is 7.72. The SMILES string of the molecule is CC(C)(C)OC(=O)NC[C@@H]1CCCN1c1nsc(Nc2ccc3[nH]ncc3c2Cl)n1.CC(C)(C)OC(=O)NC[n+]1cccn1C(=N)N.Cl.N#CSc1ccc2[nH]ncc2c1Cl. The lowest BCUT2D eigenvalue weighted by molar-refractivity contribution is -0.766. The maximum Gasteiger partial charge on any atom is 0.412 e. The zero-order chi connectivity index (χ0) is 43.6. The number of anilines is 3. The maximum atomic E-state index is 12.0. The van der Waals surface area contributed by atoms with E-state index in [9.17, 15) is 9.59 Å². The molecule has 7 rings (SSSR count). The standard InChI is InChI=1S/C19H24ClN7O2S.C10H17N5O2.C8H4ClN3S.ClH/c1-19(2,3)29-18(28)21-9-11-5-4-8-27(11)16-24-17(30-26-16)23-14-7-6-13-12(15(14)20)10-22-25-13;1-10(2,3)17-9(16)13-7-14-5-4-6-15(14)8(11)12;9-8-5-3-11-12-6(5)1-2-7(8)13-4-10;/h6-7,10-11H,4-5,8-9H2,1-3H3,(H,21,28)(H,22,25)(H,23,24,26);4-6H,7H2,1-3H3,(H3-,11,12,13,16);1-3H,(H,11,12);1H/p+1/t11-;;;/m0.../s1. The van der Waals surface area contributed by atoms with Crippen LogP contribution < -0.4 is 31.3 Å². The van der Waals surface area contributed by atoms with Crippen molar-refractivity contribution >= 4 is 116 Å². The summed E-state index contributed by atoms with van der Waals surface area (Å²) in [5.41, 5.74) is 6.81. The van der Waals surface area contributed by atoms with E-state index in [1.807, 2.05) is 44.4 Å². The number of aromatic amines is 2. The van der Waals surface area contributed by atoms with E-state index < -0.39 is 23.4 Å². The molecule has 1 saturated heterocycles. The van der Waals surface area contributed by atoms with Gasteiger partial charge < -0.3 is 30.7 Å². The highest BCUT2D eigenvalue weighted by atomic mass is 35.5. The molecule has 2 amide bonds. The molecular weight excluding hydrogens is 889 g/mol. The second-order valence-corrected chi connectivity index (χ2v) is 17.4. The number of benzene rings is 2. The number of nitrogens with two attached hydrogens (primary N) is 1. The molecule has 0 saturated carbocycles. The number of thiocyanates is 1. The number of hydrogen-bond acceptors (Lipinski definition) is 14. The van der Waals surface area contributed by atoms with Crippen LogP contribution in [0.1, 0.15) is 54.4 Å². The number of halogens is 3. The van der Waals surface area contributed by atoms with Crippen molar-refractivity contribution in [1.29, 1.82) is 10.7 Å². The third kappa shape index (κ3) is 13.7. The Morgan fingerprint density at radius 3 is 2.28 bits per heavy atom. The molecule has 0 unspecified atom stereocenters. The maximum absolute atomic E-state index is 12.0. The summed E-state index contributed by atoms with van der Waals surface area (Å²) in [7, 11) is 0. The van der Waals surface area contributed by atoms with E-state index in [4.69, 9.17) is 49.1 Å². The number of carbonyl (C=O) groups is 2. The first-order chi connectivity index (χ1) is 28.4. The summed E-state index contributed by atoms with van der Waals surface area (Å²) < 4.78 is 17.9. The van der Waals surface area contributed by atoms with Crippen LogP contribution in [0.2, 0.25) is 10.0 Å². The average Bonchev–Trinajstić information content (AvgIpc) is 4.02. The molecule has 1 aliphatic rings. The minimum Gasteiger partial charge on any atom is -0.444 e. The molecule has 0 aliphatic carbocycles. The van der Waals surface area contributed by atoms with E-state index in [2.05, 4.69) is 50.6 Å². The molecule has 326 valence electrons. The predicted molar refractivity (Wildman–Crippen MR) is 240 cm³/mol. The van der Waals surface area contributed by atoms with E-state index in [0.717, 1.165) is 63.5 Å². The van der Waals surface area contributed by atoms with Crippen LogP contribution in [-0.4, -0.2) is 82.9 Å². The molecule has 1 aliphatic heterocycles. The molecule has 6 aromatic rings. The Morgan fingerprint density at radius 2 is 1.66 bits per heavy atom. The number of fused-ring (bicyclic) bond motifs is 2. The lowest BCUT2D eigenvalue weighted by atomic mass is 10.2. The van der Waals surface area contributed by atoms with E-state index in [0.29, 0.717) is 27.7 Å². The normalized spacial score (nSPS) is 13.5. The van der Waals surface area contributed by atoms with Crippen molar-refractivity contribution < 1.29 is 23.7 Å². The fourth-order valence-electron chi connectivity index (χ4n) is 5.68. The van der Waals surface area contributed by atoms with Gasteiger partial charge in [-0.25, -0.2) is 9.59 Å². The Kier molecular flexibility index (Phi) is 16.8. The molecule has 61 heavy (non-hydrogen) atoms. The van der Waals surface area contributed by atoms with Gasteiger partial charge in [0, 0.05) is 52.4 Å². The Hall–Kier alpha value is -5.53. The molecule has 0 radical (unpaired) electrons. The summed E-state index contributed by atoms with van der Waals surface area (Å²) in [6, 6.07) is 9.30. The summed E-state index contributed by atoms with van der Waals surface area (Å²) >= 11 is 14.8. The van der Waals surface area contributed by atoms with Crippen LogP contribution in [0.3, 0.4) is 0 Å². The van der Waals surface area contributed by atoms with Gasteiger partial charge in [-0.05, 0) is 90.4 Å². The first-order valence-corrected chi connectivity index (χ1v) is 20.8. The number of nitriles is 1. The number of nitrogens with zero attached hydrogens (tertiary/aromatic N) is 8. The van der Waals surface area contributed by atoms with Crippen molar-refractivity contribution in [3.63, 3.8) is 0 Å². The quantitative estimate of drug-likeness (QED) is 0.0257. The Bertz CT molecular complexity index is 2470. The van der Waals surface area contributed by atoms with E-state index >= 15 is 0 Å². The summed E-state index contributed by atoms with van der Waals surface area (Å²) in [5, 5.41) is 43.5. The van der Waals surface area contributed by atoms with Crippen molar-refractivity contribution in [3.8, 4) is 5.40 Å². The van der Waals surface area contributed by atoms with Crippen LogP contribution in [0.5, 0.6) is 0 Å². The molecule has 24 heteroatoms. The van der Waals surface area contributed by atoms with Gasteiger partial charge in [-0.15, -0.1) is 12.4 Å². The lowest BCUT2D eigenvalue weighted by Crippen LogP contribution is -2.53. The number of H-pyrrole nitrogens is 2. The summed E-state index contributed by atoms with van der Waals surface area (Å²) in [6.45, 7) is 12.4. The van der Waals surface area contributed by atoms with E-state index in [-0.39, 0.29) is 31.1 Å². The van der Waals surface area contributed by atoms with Gasteiger partial charge >= 0.3 is 12.2 Å². The van der Waals surface area contributed by atoms with E-state index in [1.54, 1.807) is 62.4 Å². The molecule has 1 atom stereocenters. The zero-order valence-electron chi connectivity index (χ0n) is 34.1. The molecule has 1 fully saturated rings. The zero-order valence-corrected chi connectivity index (χ0v) is 38.0. The van der Waals surface area contributed by atoms with Gasteiger partial charge in [-0.2, -0.15) is 24.8 Å². The number of alkyl carbamates (subject to hydrolysis) is 2. The number of ether oxygens (including phenoxy) is 2. The molecule has 4 aromatic heterocycles. The number of nitrogen functional groups attached to an aromatic ring is 1. The molecule has 8 N–H and O–H groups in total. The van der Waals surface area contributed by atoms with Crippen molar-refractivity contribution in [3.05, 3.63) is 65.2 Å². The summed E-state index contributed by atoms with van der Waals surface area (Å²) in [5.74, 6) is 0.525. The Labute approximate surface area is 376 Å². The van der Waals surface area contributed by atoms with Gasteiger partial charge in [0.05, 0.1) is 45.4 Å². The molecule has 0 bridgehead atoms. The highest BCUT2D eigenvalue weighted by molar-refractivity contribution is 8.03. The minimum atomic E-state index is -0.530. The van der Waals surface area contributed by atoms with Crippen LogP contribution in [0, 0.1) is 16.1 Å². The average molecular weight is 936 g/mol. The van der Waals surface area contributed by atoms with Gasteiger partial charge in [0.25, 0.3) is 12.6 Å². The Balaban J connectivity index is 0.000000223. The van der Waals surface area contributed by atoms with E-state index in [1.165, 1.54) is 16.2 Å². The molecular formula is C37H47Cl3N15O4S2+. The number of hydrogen-bond donors (Lipinski definition) is 7. The second kappa shape index (κ2) is 21.3. The van der Waals surface area contributed by atoms with Gasteiger partial charge in [0.2, 0.25) is 11.1 Å². The number of carbonyl (C=O) groups excluding carboxylic acids is 2. The van der Waals surface area contributed by atoms with Crippen molar-refractivity contribution in [2.45, 2.75) is 83.2 Å². The van der Waals surface area contributed by atoms with Crippen molar-refractivity contribution in [2.24, 2.45) is 5.73 Å². The van der Waals surface area contributed by atoms with Crippen LogP contribution in [0.15, 0.2) is 60.0 Å². The third-order valence-corrected chi connectivity index (χ3v) is 10.4. The number of amides is 2. The van der Waals surface area contributed by atoms with Gasteiger partial charge in [-0.1, -0.05) is 32.6 Å². The lowest BCUT2D eigenvalue weighted by Gasteiger charge is -2.25. The van der Waals surface area contributed by atoms with Crippen molar-refractivity contribution in [1.82, 2.24) is 45.1 Å². The predicted octanol–water partition coefficient (Wildman–Crippen LogP) is 7.52. The van der Waals surface area contributed by atoms with Crippen LogP contribution in [-0.2, 0) is 16.1 Å². The minimum absolute atomic E-state index is 0. The smallest absolute Gasteiger partial charge is 0.412 e. The molecule has 2 aromatic carbocycles. The molecule has 0 spiro atoms. The fourth-order valence-corrected chi connectivity index (χ4v) is 7.30. The molecule has 5 heterocycles. The van der Waals surface area contributed by atoms with Crippen LogP contribution in [0.4, 0.5) is 26.4 Å². The fraction of sp³-hybridized carbons (Fsp3) is 0.378. The van der Waals surface area contributed by atoms with Crippen molar-refractivity contribution in [2.75, 3.05) is 23.3 Å². The number of nitrogens with one attached hydrogen (secondary N) is 6. The van der Waals surface area contributed by atoms with Gasteiger partial charge in [0.1, 0.15) is 16.6 Å².